The van der Waals surface area contributed by atoms with E-state index in [-0.39, 0.29) is 0 Å². The smallest absolute Gasteiger partial charge is 0.142 e. The molecule has 1 heterocycles. The molecule has 0 aliphatic carbocycles. The van der Waals surface area contributed by atoms with Gasteiger partial charge in [-0.15, -0.1) is 0 Å². The van der Waals surface area contributed by atoms with Crippen LogP contribution in [0, 0.1) is 13.8 Å². The molecule has 1 atom stereocenters. The number of aromatic nitrogens is 2. The van der Waals surface area contributed by atoms with Crippen LogP contribution in [0.4, 0.5) is 0 Å². The molecule has 2 aromatic rings. The fraction of sp³-hybridized carbons (Fsp3) is 0.400. The van der Waals surface area contributed by atoms with Crippen molar-refractivity contribution < 1.29 is 5.11 Å². The number of imidazole rings is 1. The molecule has 1 aromatic carbocycles. The molecule has 0 aliphatic rings. The maximum Gasteiger partial charge on any atom is 0.142 e. The number of halogens is 1. The quantitative estimate of drug-likeness (QED) is 0.930. The number of aliphatic hydroxyl groups excluding tert-OH is 1. The van der Waals surface area contributed by atoms with E-state index in [2.05, 4.69) is 27.8 Å². The third kappa shape index (κ3) is 2.90. The van der Waals surface area contributed by atoms with Gasteiger partial charge in [0.05, 0.1) is 0 Å². The third-order valence-electron chi connectivity index (χ3n) is 3.23. The van der Waals surface area contributed by atoms with Gasteiger partial charge >= 0.3 is 0 Å². The SMILES string of the molecule is CCCn1ccnc1C(O)c1cc(C)c(Br)c(C)c1. The van der Waals surface area contributed by atoms with Gasteiger partial charge < -0.3 is 9.67 Å². The van der Waals surface area contributed by atoms with Crippen molar-refractivity contribution in [3.05, 3.63) is 51.5 Å². The van der Waals surface area contributed by atoms with Gasteiger partial charge in [-0.1, -0.05) is 35.0 Å². The Labute approximate surface area is 122 Å². The van der Waals surface area contributed by atoms with Gasteiger partial charge in [0.25, 0.3) is 0 Å². The lowest BCUT2D eigenvalue weighted by Gasteiger charge is -2.15. The summed E-state index contributed by atoms with van der Waals surface area (Å²) in [5, 5.41) is 10.5. The van der Waals surface area contributed by atoms with Crippen LogP contribution in [0.15, 0.2) is 29.0 Å². The molecule has 102 valence electrons. The van der Waals surface area contributed by atoms with Crippen molar-refractivity contribution in [2.75, 3.05) is 0 Å². The number of hydrogen-bond acceptors (Lipinski definition) is 2. The van der Waals surface area contributed by atoms with E-state index in [1.54, 1.807) is 6.20 Å². The average Bonchev–Trinajstić information content (AvgIpc) is 2.83. The van der Waals surface area contributed by atoms with E-state index in [9.17, 15) is 5.11 Å². The van der Waals surface area contributed by atoms with Crippen LogP contribution >= 0.6 is 15.9 Å². The molecule has 4 heteroatoms. The van der Waals surface area contributed by atoms with Crippen molar-refractivity contribution >= 4 is 15.9 Å². The van der Waals surface area contributed by atoms with Crippen molar-refractivity contribution in [1.29, 1.82) is 0 Å². The largest absolute Gasteiger partial charge is 0.380 e. The molecule has 1 unspecified atom stereocenters. The first-order chi connectivity index (χ1) is 9.04. The van der Waals surface area contributed by atoms with Gasteiger partial charge in [-0.25, -0.2) is 4.98 Å². The molecule has 1 aromatic heterocycles. The van der Waals surface area contributed by atoms with Crippen LogP contribution in [0.1, 0.15) is 42.0 Å². The van der Waals surface area contributed by atoms with Gasteiger partial charge in [0.1, 0.15) is 11.9 Å². The lowest BCUT2D eigenvalue weighted by molar-refractivity contribution is 0.204. The molecule has 0 aliphatic heterocycles. The van der Waals surface area contributed by atoms with E-state index in [0.29, 0.717) is 5.82 Å². The summed E-state index contributed by atoms with van der Waals surface area (Å²) in [6, 6.07) is 4.01. The van der Waals surface area contributed by atoms with Crippen LogP contribution in [0.2, 0.25) is 0 Å². The van der Waals surface area contributed by atoms with Crippen molar-refractivity contribution in [3.8, 4) is 0 Å². The Hall–Kier alpha value is -1.13. The molecular formula is C15H19BrN2O. The second kappa shape index (κ2) is 5.88. The third-order valence-corrected chi connectivity index (χ3v) is 4.48. The zero-order valence-electron chi connectivity index (χ0n) is 11.5. The predicted octanol–water partition coefficient (Wildman–Crippen LogP) is 3.75. The molecule has 0 saturated carbocycles. The van der Waals surface area contributed by atoms with E-state index >= 15 is 0 Å². The summed E-state index contributed by atoms with van der Waals surface area (Å²) in [6.45, 7) is 7.06. The Morgan fingerprint density at radius 1 is 1.32 bits per heavy atom. The van der Waals surface area contributed by atoms with Crippen molar-refractivity contribution in [1.82, 2.24) is 9.55 Å². The molecule has 3 nitrogen and oxygen atoms in total. The van der Waals surface area contributed by atoms with Crippen LogP contribution in [0.5, 0.6) is 0 Å². The summed E-state index contributed by atoms with van der Waals surface area (Å²) in [5.74, 6) is 0.711. The second-order valence-electron chi connectivity index (χ2n) is 4.85. The standard InChI is InChI=1S/C15H19BrN2O/c1-4-6-18-7-5-17-15(18)14(19)12-8-10(2)13(16)11(3)9-12/h5,7-9,14,19H,4,6H2,1-3H3. The summed E-state index contributed by atoms with van der Waals surface area (Å²) in [5.41, 5.74) is 3.15. The van der Waals surface area contributed by atoms with Crippen LogP contribution in [-0.2, 0) is 6.54 Å². The highest BCUT2D eigenvalue weighted by Crippen LogP contribution is 2.28. The number of aliphatic hydroxyl groups is 1. The van der Waals surface area contributed by atoms with Crippen molar-refractivity contribution in [2.45, 2.75) is 39.8 Å². The van der Waals surface area contributed by atoms with Crippen LogP contribution < -0.4 is 0 Å². The fourth-order valence-corrected chi connectivity index (χ4v) is 2.51. The minimum Gasteiger partial charge on any atom is -0.380 e. The number of nitrogens with zero attached hydrogens (tertiary/aromatic N) is 2. The number of hydrogen-bond donors (Lipinski definition) is 1. The summed E-state index contributed by atoms with van der Waals surface area (Å²) in [4.78, 5) is 4.29. The molecular weight excluding hydrogens is 304 g/mol. The lowest BCUT2D eigenvalue weighted by Crippen LogP contribution is -2.10. The van der Waals surface area contributed by atoms with Gasteiger partial charge in [-0.05, 0) is 37.0 Å². The Bertz CT molecular complexity index is 554. The maximum absolute atomic E-state index is 10.5. The van der Waals surface area contributed by atoms with Crippen LogP contribution in [-0.4, -0.2) is 14.7 Å². The van der Waals surface area contributed by atoms with Gasteiger partial charge in [0.2, 0.25) is 0 Å². The Morgan fingerprint density at radius 2 is 1.95 bits per heavy atom. The van der Waals surface area contributed by atoms with Gasteiger partial charge in [-0.3, -0.25) is 0 Å². The van der Waals surface area contributed by atoms with Gasteiger partial charge in [-0.2, -0.15) is 0 Å². The van der Waals surface area contributed by atoms with Crippen molar-refractivity contribution in [2.24, 2.45) is 0 Å². The first-order valence-corrected chi connectivity index (χ1v) is 7.29. The van der Waals surface area contributed by atoms with Gasteiger partial charge in [0, 0.05) is 23.4 Å². The monoisotopic (exact) mass is 322 g/mol. The Morgan fingerprint density at radius 3 is 2.53 bits per heavy atom. The molecule has 0 radical (unpaired) electrons. The Kier molecular flexibility index (Phi) is 4.42. The van der Waals surface area contributed by atoms with E-state index < -0.39 is 6.10 Å². The molecule has 1 N–H and O–H groups in total. The number of rotatable bonds is 4. The normalized spacial score (nSPS) is 12.7. The highest BCUT2D eigenvalue weighted by molar-refractivity contribution is 9.10. The zero-order chi connectivity index (χ0) is 14.0. The van der Waals surface area contributed by atoms with E-state index in [1.165, 1.54) is 0 Å². The summed E-state index contributed by atoms with van der Waals surface area (Å²) in [6.07, 6.45) is 4.01. The first-order valence-electron chi connectivity index (χ1n) is 6.50. The number of aryl methyl sites for hydroxylation is 3. The predicted molar refractivity (Wildman–Crippen MR) is 80.2 cm³/mol. The molecule has 19 heavy (non-hydrogen) atoms. The van der Waals surface area contributed by atoms with Crippen molar-refractivity contribution in [3.63, 3.8) is 0 Å². The molecule has 0 bridgehead atoms. The molecule has 2 rings (SSSR count). The van der Waals surface area contributed by atoms with Gasteiger partial charge in [0.15, 0.2) is 0 Å². The first kappa shape index (κ1) is 14.3. The number of benzene rings is 1. The maximum atomic E-state index is 10.5. The minimum atomic E-state index is -0.674. The molecule has 0 saturated heterocycles. The zero-order valence-corrected chi connectivity index (χ0v) is 13.1. The topological polar surface area (TPSA) is 38.0 Å². The van der Waals surface area contributed by atoms with E-state index in [0.717, 1.165) is 34.1 Å². The molecule has 0 fully saturated rings. The second-order valence-corrected chi connectivity index (χ2v) is 5.64. The van der Waals surface area contributed by atoms with Crippen LogP contribution in [0.3, 0.4) is 0 Å². The average molecular weight is 323 g/mol. The van der Waals surface area contributed by atoms with E-state index in [4.69, 9.17) is 0 Å². The summed E-state index contributed by atoms with van der Waals surface area (Å²) in [7, 11) is 0. The Balaban J connectivity index is 2.38. The highest BCUT2D eigenvalue weighted by atomic mass is 79.9. The van der Waals surface area contributed by atoms with Crippen LogP contribution in [0.25, 0.3) is 0 Å². The van der Waals surface area contributed by atoms with E-state index in [1.807, 2.05) is 36.7 Å². The minimum absolute atomic E-state index is 0.674. The summed E-state index contributed by atoms with van der Waals surface area (Å²) >= 11 is 3.55. The highest BCUT2D eigenvalue weighted by Gasteiger charge is 2.17. The molecule has 0 spiro atoms. The fourth-order valence-electron chi connectivity index (χ4n) is 2.28. The summed E-state index contributed by atoms with van der Waals surface area (Å²) < 4.78 is 3.11. The molecule has 0 amide bonds. The lowest BCUT2D eigenvalue weighted by atomic mass is 10.0.